The molecule has 0 aromatic heterocycles. The van der Waals surface area contributed by atoms with Crippen LogP contribution in [-0.2, 0) is 10.3 Å². The maximum absolute atomic E-state index is 13.9. The summed E-state index contributed by atoms with van der Waals surface area (Å²) in [5.74, 6) is 0.128. The Labute approximate surface area is 136 Å². The van der Waals surface area contributed by atoms with Gasteiger partial charge in [-0.1, -0.05) is 18.0 Å². The molecule has 1 aliphatic carbocycles. The molecular formula is C15H16ClF3N2O2. The fourth-order valence-electron chi connectivity index (χ4n) is 2.81. The van der Waals surface area contributed by atoms with Crippen molar-refractivity contribution in [2.45, 2.75) is 31.0 Å². The van der Waals surface area contributed by atoms with Crippen molar-refractivity contribution in [3.63, 3.8) is 0 Å². The summed E-state index contributed by atoms with van der Waals surface area (Å²) in [5.41, 5.74) is -2.73. The van der Waals surface area contributed by atoms with Crippen molar-refractivity contribution in [3.05, 3.63) is 28.8 Å². The molecule has 2 amide bonds. The Hall–Kier alpha value is -1.47. The summed E-state index contributed by atoms with van der Waals surface area (Å²) in [6, 6.07) is 3.29. The molecule has 2 N–H and O–H groups in total. The molecule has 23 heavy (non-hydrogen) atoms. The van der Waals surface area contributed by atoms with E-state index in [-0.39, 0.29) is 28.8 Å². The van der Waals surface area contributed by atoms with E-state index in [0.717, 1.165) is 19.3 Å². The number of anilines is 1. The number of hydrogen-bond donors (Lipinski definition) is 2. The lowest BCUT2D eigenvalue weighted by Crippen LogP contribution is -2.52. The number of carbonyl (C=O) groups is 1. The molecule has 1 aromatic rings. The molecule has 1 aromatic carbocycles. The molecule has 4 nitrogen and oxygen atoms in total. The predicted octanol–water partition coefficient (Wildman–Crippen LogP) is 4.05. The average molecular weight is 349 g/mol. The molecule has 1 heterocycles. The molecule has 0 radical (unpaired) electrons. The molecule has 1 saturated carbocycles. The summed E-state index contributed by atoms with van der Waals surface area (Å²) in [6.07, 6.45) is -1.97. The van der Waals surface area contributed by atoms with Gasteiger partial charge in [0.1, 0.15) is 0 Å². The maximum Gasteiger partial charge on any atom is 0.423 e. The average Bonchev–Trinajstić information content (AvgIpc) is 2.54. The van der Waals surface area contributed by atoms with E-state index < -0.39 is 24.4 Å². The zero-order valence-electron chi connectivity index (χ0n) is 12.2. The van der Waals surface area contributed by atoms with Gasteiger partial charge in [0.05, 0.1) is 13.2 Å². The van der Waals surface area contributed by atoms with Gasteiger partial charge < -0.3 is 15.4 Å². The number of alkyl halides is 3. The highest BCUT2D eigenvalue weighted by Crippen LogP contribution is 2.47. The third-order valence-electron chi connectivity index (χ3n) is 4.41. The van der Waals surface area contributed by atoms with Gasteiger partial charge in [0.2, 0.25) is 5.60 Å². The van der Waals surface area contributed by atoms with Crippen LogP contribution in [-0.4, -0.2) is 25.4 Å². The van der Waals surface area contributed by atoms with E-state index in [4.69, 9.17) is 16.3 Å². The molecule has 1 fully saturated rings. The second kappa shape index (κ2) is 5.87. The van der Waals surface area contributed by atoms with Crippen LogP contribution in [0.25, 0.3) is 0 Å². The minimum absolute atomic E-state index is 0.00132. The number of amides is 2. The first-order valence-corrected chi connectivity index (χ1v) is 7.75. The van der Waals surface area contributed by atoms with Gasteiger partial charge in [-0.25, -0.2) is 4.79 Å². The molecule has 8 heteroatoms. The second-order valence-electron chi connectivity index (χ2n) is 5.93. The standard InChI is InChI=1S/C15H16ClF3N2O2/c16-10-4-5-12-11(6-10)14(15(17,18)19,8-20-13(22)21-12)23-7-9-2-1-3-9/h4-6,9H,1-3,7-8H2,(H2,20,21,22). The number of ether oxygens (including phenoxy) is 1. The van der Waals surface area contributed by atoms with Crippen molar-refractivity contribution in [3.8, 4) is 0 Å². The summed E-state index contributed by atoms with van der Waals surface area (Å²) in [4.78, 5) is 11.7. The van der Waals surface area contributed by atoms with Crippen molar-refractivity contribution in [2.24, 2.45) is 5.92 Å². The topological polar surface area (TPSA) is 50.4 Å². The SMILES string of the molecule is O=C1NCC(OCC2CCC2)(C(F)(F)F)c2cc(Cl)ccc2N1. The van der Waals surface area contributed by atoms with Gasteiger partial charge in [0.15, 0.2) is 0 Å². The van der Waals surface area contributed by atoms with Crippen molar-refractivity contribution in [1.29, 1.82) is 0 Å². The molecule has 0 saturated heterocycles. The predicted molar refractivity (Wildman–Crippen MR) is 79.5 cm³/mol. The Morgan fingerprint density at radius 1 is 1.35 bits per heavy atom. The zero-order chi connectivity index (χ0) is 16.7. The lowest BCUT2D eigenvalue weighted by atomic mass is 9.85. The van der Waals surface area contributed by atoms with Crippen molar-refractivity contribution < 1.29 is 22.7 Å². The lowest BCUT2D eigenvalue weighted by Gasteiger charge is -2.38. The first-order chi connectivity index (χ1) is 10.8. The number of nitrogens with one attached hydrogen (secondary N) is 2. The quantitative estimate of drug-likeness (QED) is 0.865. The van der Waals surface area contributed by atoms with Crippen LogP contribution in [0.15, 0.2) is 18.2 Å². The third kappa shape index (κ3) is 2.99. The molecular weight excluding hydrogens is 333 g/mol. The first kappa shape index (κ1) is 16.4. The van der Waals surface area contributed by atoms with E-state index in [0.29, 0.717) is 0 Å². The van der Waals surface area contributed by atoms with E-state index in [1.807, 2.05) is 0 Å². The minimum Gasteiger partial charge on any atom is -0.359 e. The second-order valence-corrected chi connectivity index (χ2v) is 6.37. The highest BCUT2D eigenvalue weighted by Gasteiger charge is 2.59. The molecule has 1 atom stereocenters. The number of hydrogen-bond acceptors (Lipinski definition) is 2. The Morgan fingerprint density at radius 2 is 2.09 bits per heavy atom. The van der Waals surface area contributed by atoms with E-state index in [9.17, 15) is 18.0 Å². The first-order valence-electron chi connectivity index (χ1n) is 7.37. The fourth-order valence-corrected chi connectivity index (χ4v) is 2.98. The Kier molecular flexibility index (Phi) is 4.18. The normalized spacial score (nSPS) is 25.0. The van der Waals surface area contributed by atoms with Crippen molar-refractivity contribution >= 4 is 23.3 Å². The van der Waals surface area contributed by atoms with Gasteiger partial charge in [0.25, 0.3) is 0 Å². The van der Waals surface area contributed by atoms with E-state index in [1.165, 1.54) is 18.2 Å². The van der Waals surface area contributed by atoms with Gasteiger partial charge in [-0.2, -0.15) is 13.2 Å². The van der Waals surface area contributed by atoms with Crippen LogP contribution >= 0.6 is 11.6 Å². The minimum atomic E-state index is -4.70. The Balaban J connectivity index is 2.05. The van der Waals surface area contributed by atoms with Gasteiger partial charge in [-0.15, -0.1) is 0 Å². The molecule has 1 aliphatic heterocycles. The number of rotatable bonds is 3. The van der Waals surface area contributed by atoms with E-state index in [1.54, 1.807) is 0 Å². The van der Waals surface area contributed by atoms with E-state index in [2.05, 4.69) is 10.6 Å². The van der Waals surface area contributed by atoms with Crippen molar-refractivity contribution in [2.75, 3.05) is 18.5 Å². The van der Waals surface area contributed by atoms with Gasteiger partial charge in [-0.05, 0) is 37.0 Å². The molecule has 2 aliphatic rings. The van der Waals surface area contributed by atoms with Crippen molar-refractivity contribution in [1.82, 2.24) is 5.32 Å². The van der Waals surface area contributed by atoms with Gasteiger partial charge >= 0.3 is 12.2 Å². The molecule has 126 valence electrons. The van der Waals surface area contributed by atoms with Gasteiger partial charge in [0, 0.05) is 16.3 Å². The Morgan fingerprint density at radius 3 is 2.70 bits per heavy atom. The third-order valence-corrected chi connectivity index (χ3v) is 4.65. The number of carbonyl (C=O) groups excluding carboxylic acids is 1. The van der Waals surface area contributed by atoms with Crippen LogP contribution in [0.2, 0.25) is 5.02 Å². The maximum atomic E-state index is 13.9. The molecule has 3 rings (SSSR count). The fraction of sp³-hybridized carbons (Fsp3) is 0.533. The number of benzene rings is 1. The largest absolute Gasteiger partial charge is 0.423 e. The summed E-state index contributed by atoms with van der Waals surface area (Å²) in [5, 5.41) is 4.79. The van der Waals surface area contributed by atoms with E-state index >= 15 is 0 Å². The Bertz CT molecular complexity index is 619. The summed E-state index contributed by atoms with van der Waals surface area (Å²) >= 11 is 5.89. The van der Waals surface area contributed by atoms with Crippen LogP contribution in [0.3, 0.4) is 0 Å². The van der Waals surface area contributed by atoms with Gasteiger partial charge in [-0.3, -0.25) is 0 Å². The van der Waals surface area contributed by atoms with Crippen LogP contribution in [0.5, 0.6) is 0 Å². The number of fused-ring (bicyclic) bond motifs is 1. The van der Waals surface area contributed by atoms with Crippen LogP contribution in [0, 0.1) is 5.92 Å². The molecule has 0 bridgehead atoms. The highest BCUT2D eigenvalue weighted by atomic mass is 35.5. The summed E-state index contributed by atoms with van der Waals surface area (Å²) in [7, 11) is 0. The zero-order valence-corrected chi connectivity index (χ0v) is 12.9. The van der Waals surface area contributed by atoms with Crippen LogP contribution in [0.1, 0.15) is 24.8 Å². The number of halogens is 4. The molecule has 1 unspecified atom stereocenters. The number of urea groups is 1. The summed E-state index contributed by atoms with van der Waals surface area (Å²) in [6.45, 7) is -0.691. The van der Waals surface area contributed by atoms with Crippen LogP contribution in [0.4, 0.5) is 23.7 Å². The monoisotopic (exact) mass is 348 g/mol. The lowest BCUT2D eigenvalue weighted by molar-refractivity contribution is -0.286. The molecule has 0 spiro atoms. The summed E-state index contributed by atoms with van der Waals surface area (Å²) < 4.78 is 47.2. The van der Waals surface area contributed by atoms with Crippen LogP contribution < -0.4 is 10.6 Å². The smallest absolute Gasteiger partial charge is 0.359 e. The highest BCUT2D eigenvalue weighted by molar-refractivity contribution is 6.30.